The molecule has 27 heavy (non-hydrogen) atoms. The van der Waals surface area contributed by atoms with Crippen LogP contribution in [0.1, 0.15) is 6.92 Å². The van der Waals surface area contributed by atoms with E-state index in [2.05, 4.69) is 55.8 Å². The van der Waals surface area contributed by atoms with Crippen molar-refractivity contribution < 1.29 is 32.4 Å². The van der Waals surface area contributed by atoms with Gasteiger partial charge in [0.1, 0.15) is 0 Å². The van der Waals surface area contributed by atoms with Gasteiger partial charge in [0.15, 0.2) is 5.65 Å². The van der Waals surface area contributed by atoms with Crippen LogP contribution >= 0.6 is 11.6 Å². The molecule has 1 aliphatic heterocycles. The van der Waals surface area contributed by atoms with Crippen LogP contribution in [0.5, 0.6) is 6.01 Å². The monoisotopic (exact) mass is 499 g/mol. The van der Waals surface area contributed by atoms with Gasteiger partial charge in [-0.3, -0.25) is 4.79 Å². The molecule has 0 aromatic carbocycles. The van der Waals surface area contributed by atoms with Crippen LogP contribution in [-0.4, -0.2) is 60.2 Å². The van der Waals surface area contributed by atoms with E-state index in [9.17, 15) is 4.79 Å². The molecule has 11 heteroatoms. The van der Waals surface area contributed by atoms with E-state index in [0.717, 1.165) is 26.2 Å². The smallest absolute Gasteiger partial charge is 0.310 e. The number of halogens is 2. The second kappa shape index (κ2) is 7.52. The number of fused-ring (bicyclic) bond motifs is 1. The van der Waals surface area contributed by atoms with Gasteiger partial charge >= 0.3 is 12.0 Å². The molecular weight excluding hydrogens is 485 g/mol. The molecule has 1 aliphatic rings. The molecule has 0 bridgehead atoms. The van der Waals surface area contributed by atoms with Crippen LogP contribution in [0.15, 0.2) is 18.5 Å². The maximum Gasteiger partial charge on any atom is 0.310 e. The molecule has 3 aromatic heterocycles. The number of anilines is 1. The molecule has 1 fully saturated rings. The highest BCUT2D eigenvalue weighted by molar-refractivity contribution is 6.33. The Morgan fingerprint density at radius 1 is 1.22 bits per heavy atom. The number of nitrogens with zero attached hydrogens (tertiary/aromatic N) is 6. The lowest BCUT2D eigenvalue weighted by molar-refractivity contribution is -0.575. The van der Waals surface area contributed by atoms with E-state index >= 15 is 0 Å². The number of H-pyrrole nitrogens is 1. The quantitative estimate of drug-likeness (QED) is 0.266. The summed E-state index contributed by atoms with van der Waals surface area (Å²) >= 11 is 8.69. The maximum atomic E-state index is 11.1. The predicted molar refractivity (Wildman–Crippen MR) is 95.0 cm³/mol. The van der Waals surface area contributed by atoms with Crippen molar-refractivity contribution in [3.63, 3.8) is 0 Å². The number of carbonyl (C=O) groups is 1. The van der Waals surface area contributed by atoms with Gasteiger partial charge in [0, 0.05) is 38.0 Å². The van der Waals surface area contributed by atoms with Gasteiger partial charge in [0.25, 0.3) is 0 Å². The van der Waals surface area contributed by atoms with E-state index in [1.165, 1.54) is 6.92 Å². The normalized spacial score (nSPS) is 15.3. The molecule has 9 nitrogen and oxygen atoms in total. The van der Waals surface area contributed by atoms with Crippen molar-refractivity contribution in [2.45, 2.75) is 6.92 Å². The summed E-state index contributed by atoms with van der Waals surface area (Å²) in [6.07, 6.45) is 3.41. The number of pyridine rings is 1. The van der Waals surface area contributed by atoms with Crippen molar-refractivity contribution in [1.82, 2.24) is 28.0 Å². The summed E-state index contributed by atoms with van der Waals surface area (Å²) in [4.78, 5) is 33.6. The molecule has 3 aromatic rings. The minimum atomic E-state index is -0.465. The van der Waals surface area contributed by atoms with Crippen LogP contribution in [0.2, 0.25) is 5.02 Å². The molecule has 0 saturated carbocycles. The van der Waals surface area contributed by atoms with E-state index in [4.69, 9.17) is 16.3 Å². The molecule has 1 radical (unpaired) electrons. The first kappa shape index (κ1) is 18.3. The highest BCUT2D eigenvalue weighted by Crippen LogP contribution is 2.29. The Morgan fingerprint density at radius 3 is 2.59 bits per heavy atom. The first-order chi connectivity index (χ1) is 13.0. The van der Waals surface area contributed by atoms with Crippen LogP contribution in [0.25, 0.3) is 22.4 Å². The first-order valence-electron chi connectivity index (χ1n) is 8.22. The van der Waals surface area contributed by atoms with E-state index in [-0.39, 0.29) is 6.01 Å². The standard InChI is InChI=1S/C16H15ClIN7O2/c1-9(26)27-16-21-12-6-11(17)13(22-14(12)23-16)10-7-19-15(20-8-10)24-2-4-25(18)5-3-24/h6-8H,2-5H2,1H3,(H,21,22,23)/q-1. The van der Waals surface area contributed by atoms with Crippen molar-refractivity contribution >= 4 is 34.7 Å². The van der Waals surface area contributed by atoms with Crippen molar-refractivity contribution in [2.24, 2.45) is 0 Å². The van der Waals surface area contributed by atoms with Crippen LogP contribution < -0.4 is 32.5 Å². The van der Waals surface area contributed by atoms with Gasteiger partial charge in [-0.15, -0.1) is 0 Å². The molecule has 0 unspecified atom stereocenters. The first-order valence-corrected chi connectivity index (χ1v) is 9.56. The average molecular weight is 500 g/mol. The van der Waals surface area contributed by atoms with Crippen molar-refractivity contribution in [2.75, 3.05) is 31.1 Å². The highest BCUT2D eigenvalue weighted by atomic mass is 127. The Balaban J connectivity index is 1.61. The van der Waals surface area contributed by atoms with Crippen LogP contribution in [0.4, 0.5) is 5.95 Å². The molecule has 0 aliphatic carbocycles. The molecule has 0 atom stereocenters. The number of hydrogen-bond donors (Lipinski definition) is 1. The summed E-state index contributed by atoms with van der Waals surface area (Å²) < 4.78 is 7.20. The molecule has 0 amide bonds. The molecule has 141 valence electrons. The maximum absolute atomic E-state index is 11.1. The zero-order chi connectivity index (χ0) is 19.0. The van der Waals surface area contributed by atoms with E-state index in [1.54, 1.807) is 18.5 Å². The van der Waals surface area contributed by atoms with Crippen molar-refractivity contribution in [3.05, 3.63) is 23.5 Å². The number of imidazole rings is 1. The average Bonchev–Trinajstić information content (AvgIpc) is 3.02. The number of aromatic nitrogens is 5. The van der Waals surface area contributed by atoms with E-state index < -0.39 is 5.97 Å². The summed E-state index contributed by atoms with van der Waals surface area (Å²) in [6, 6.07) is 1.77. The number of rotatable bonds is 3. The topological polar surface area (TPSA) is 100 Å². The Bertz CT molecular complexity index is 986. The Morgan fingerprint density at radius 2 is 1.93 bits per heavy atom. The summed E-state index contributed by atoms with van der Waals surface area (Å²) in [7, 11) is 0. The molecule has 0 spiro atoms. The minimum Gasteiger partial charge on any atom is -0.699 e. The third-order valence-corrected chi connectivity index (χ3v) is 5.32. The number of piperazine rings is 1. The zero-order valence-electron chi connectivity index (χ0n) is 14.3. The second-order valence-corrected chi connectivity index (χ2v) is 7.77. The molecule has 1 saturated heterocycles. The minimum absolute atomic E-state index is 0.0826. The summed E-state index contributed by atoms with van der Waals surface area (Å²) in [6.45, 7) is 5.02. The van der Waals surface area contributed by atoms with Gasteiger partial charge in [-0.05, 0) is 19.2 Å². The van der Waals surface area contributed by atoms with Crippen molar-refractivity contribution in [1.29, 1.82) is 0 Å². The fourth-order valence-electron chi connectivity index (χ4n) is 2.77. The fourth-order valence-corrected chi connectivity index (χ4v) is 3.46. The Kier molecular flexibility index (Phi) is 5.10. The lowest BCUT2D eigenvalue weighted by Gasteiger charge is -2.39. The third-order valence-electron chi connectivity index (χ3n) is 4.06. The Hall–Kier alpha value is -2.05. The van der Waals surface area contributed by atoms with Gasteiger partial charge in [0.2, 0.25) is 5.95 Å². The predicted octanol–water partition coefficient (Wildman–Crippen LogP) is -1.42. The van der Waals surface area contributed by atoms with Gasteiger partial charge in [0.05, 0.1) is 16.2 Å². The zero-order valence-corrected chi connectivity index (χ0v) is 17.2. The summed E-state index contributed by atoms with van der Waals surface area (Å²) in [5.74, 6) is 0.227. The summed E-state index contributed by atoms with van der Waals surface area (Å²) in [5.41, 5.74) is 2.19. The van der Waals surface area contributed by atoms with E-state index in [0.29, 0.717) is 33.4 Å². The molecular formula is C16H15ClIN7O2-. The third kappa shape index (κ3) is 3.96. The number of nitrogens with one attached hydrogen (secondary N) is 1. The van der Waals surface area contributed by atoms with Gasteiger partial charge in [-0.25, -0.2) is 15.0 Å². The lowest BCUT2D eigenvalue weighted by Crippen LogP contribution is -3.42. The largest absolute Gasteiger partial charge is 0.699 e. The molecule has 4 heterocycles. The number of hydrogen-bond acceptors (Lipinski definition) is 8. The fraction of sp³-hybridized carbons (Fsp3) is 0.312. The number of carbonyl (C=O) groups excluding carboxylic acids is 1. The van der Waals surface area contributed by atoms with Crippen LogP contribution in [0.3, 0.4) is 0 Å². The number of esters is 1. The summed E-state index contributed by atoms with van der Waals surface area (Å²) in [5, 5.41) is 0.426. The Labute approximate surface area is 173 Å². The van der Waals surface area contributed by atoms with Crippen molar-refractivity contribution in [3.8, 4) is 17.3 Å². The second-order valence-electron chi connectivity index (χ2n) is 5.99. The number of ether oxygens (including phenoxy) is 1. The highest BCUT2D eigenvalue weighted by Gasteiger charge is 2.16. The molecule has 1 N–H and O–H groups in total. The SMILES string of the molecule is CC(=O)Oc1nc2nc(-c3cnc(N4CCN([I-])CC4)nc3)c(Cl)cc2[nH]1. The molecule has 4 rings (SSSR count). The van der Waals surface area contributed by atoms with E-state index in [1.807, 2.05) is 0 Å². The van der Waals surface area contributed by atoms with Crippen LogP contribution in [-0.2, 0) is 4.79 Å². The lowest BCUT2D eigenvalue weighted by atomic mass is 10.2. The van der Waals surface area contributed by atoms with Gasteiger partial charge in [-0.2, -0.15) is 4.98 Å². The van der Waals surface area contributed by atoms with Gasteiger partial charge in [-0.1, -0.05) is 11.6 Å². The van der Waals surface area contributed by atoms with Crippen LogP contribution in [0, 0.1) is 0 Å². The van der Waals surface area contributed by atoms with Gasteiger partial charge < -0.3 is 40.6 Å². The number of aromatic amines is 1.